The Morgan fingerprint density at radius 1 is 1.24 bits per heavy atom. The summed E-state index contributed by atoms with van der Waals surface area (Å²) in [5.41, 5.74) is 5.57. The smallest absolute Gasteiger partial charge is 0.325 e. The minimum absolute atomic E-state index is 0.0637. The molecule has 0 aromatic rings. The second-order valence-electron chi connectivity index (χ2n) is 6.93. The van der Waals surface area contributed by atoms with Crippen molar-refractivity contribution >= 4 is 23.8 Å². The number of nitrogens with two attached hydrogens (primary N) is 1. The molecule has 3 aliphatic heterocycles. The molecular weight excluding hydrogens is 326 g/mol. The molecule has 0 radical (unpaired) electrons. The Morgan fingerprint density at radius 3 is 2.72 bits per heavy atom. The van der Waals surface area contributed by atoms with Crippen LogP contribution in [0.25, 0.3) is 0 Å². The number of urea groups is 1. The Hall–Kier alpha value is -2.16. The van der Waals surface area contributed by atoms with E-state index in [1.54, 1.807) is 4.90 Å². The number of imide groups is 1. The van der Waals surface area contributed by atoms with Gasteiger partial charge in [0.25, 0.3) is 0 Å². The van der Waals surface area contributed by atoms with E-state index in [9.17, 15) is 19.2 Å². The maximum atomic E-state index is 12.5. The molecule has 0 aliphatic carbocycles. The van der Waals surface area contributed by atoms with Crippen LogP contribution in [0.3, 0.4) is 0 Å². The lowest BCUT2D eigenvalue weighted by Gasteiger charge is -2.47. The fourth-order valence-electron chi connectivity index (χ4n) is 4.00. The summed E-state index contributed by atoms with van der Waals surface area (Å²) in [5.74, 6) is -0.0736. The molecule has 9 heteroatoms. The Balaban J connectivity index is 1.57. The topological polar surface area (TPSA) is 116 Å². The van der Waals surface area contributed by atoms with Crippen molar-refractivity contribution < 1.29 is 19.2 Å². The Labute approximate surface area is 146 Å². The quantitative estimate of drug-likeness (QED) is 0.599. The van der Waals surface area contributed by atoms with Crippen LogP contribution in [-0.4, -0.2) is 83.8 Å². The fraction of sp³-hybridized carbons (Fsp3) is 0.750. The van der Waals surface area contributed by atoms with Crippen LogP contribution in [0.5, 0.6) is 0 Å². The van der Waals surface area contributed by atoms with Crippen molar-refractivity contribution in [2.75, 3.05) is 39.3 Å². The van der Waals surface area contributed by atoms with Gasteiger partial charge < -0.3 is 20.4 Å². The molecule has 0 aromatic carbocycles. The SMILES string of the molecule is NCCCN1C(=O)CC[C@H]2CN(C(=O)CN3CC(=O)NC3=O)CC[C@H]21. The van der Waals surface area contributed by atoms with Crippen LogP contribution in [0.2, 0.25) is 0 Å². The number of carbonyl (C=O) groups excluding carboxylic acids is 4. The van der Waals surface area contributed by atoms with Crippen LogP contribution in [0.4, 0.5) is 4.79 Å². The molecule has 0 saturated carbocycles. The van der Waals surface area contributed by atoms with Gasteiger partial charge in [-0.15, -0.1) is 0 Å². The molecule has 0 aromatic heterocycles. The van der Waals surface area contributed by atoms with Crippen molar-refractivity contribution in [2.45, 2.75) is 31.7 Å². The van der Waals surface area contributed by atoms with Crippen LogP contribution in [0, 0.1) is 5.92 Å². The highest BCUT2D eigenvalue weighted by Gasteiger charge is 2.40. The third-order valence-electron chi connectivity index (χ3n) is 5.29. The molecule has 0 bridgehead atoms. The van der Waals surface area contributed by atoms with E-state index in [1.807, 2.05) is 4.90 Å². The zero-order valence-corrected chi connectivity index (χ0v) is 14.3. The number of nitrogens with one attached hydrogen (secondary N) is 1. The molecule has 0 unspecified atom stereocenters. The summed E-state index contributed by atoms with van der Waals surface area (Å²) < 4.78 is 0. The number of hydrogen-bond acceptors (Lipinski definition) is 5. The number of hydrogen-bond donors (Lipinski definition) is 2. The molecule has 3 saturated heterocycles. The summed E-state index contributed by atoms with van der Waals surface area (Å²) in [4.78, 5) is 52.4. The van der Waals surface area contributed by atoms with Crippen LogP contribution in [0.15, 0.2) is 0 Å². The monoisotopic (exact) mass is 351 g/mol. The molecule has 0 spiro atoms. The van der Waals surface area contributed by atoms with Gasteiger partial charge >= 0.3 is 6.03 Å². The van der Waals surface area contributed by atoms with Crippen LogP contribution in [0.1, 0.15) is 25.7 Å². The summed E-state index contributed by atoms with van der Waals surface area (Å²) in [6.07, 6.45) is 2.83. The summed E-state index contributed by atoms with van der Waals surface area (Å²) in [6.45, 7) is 2.26. The maximum Gasteiger partial charge on any atom is 0.325 e. The van der Waals surface area contributed by atoms with Gasteiger partial charge in [0.05, 0.1) is 0 Å². The van der Waals surface area contributed by atoms with E-state index in [4.69, 9.17) is 5.73 Å². The highest BCUT2D eigenvalue weighted by molar-refractivity contribution is 6.03. The maximum absolute atomic E-state index is 12.5. The van der Waals surface area contributed by atoms with E-state index >= 15 is 0 Å². The standard InChI is InChI=1S/C16H25N5O4/c17-5-1-6-21-12-4-7-19(8-11(12)2-3-14(21)23)15(24)10-20-9-13(22)18-16(20)25/h11-12H,1-10,17H2,(H,18,22,25)/t11-,12+/m0/s1. The van der Waals surface area contributed by atoms with Gasteiger partial charge in [-0.25, -0.2) is 4.79 Å². The third kappa shape index (κ3) is 3.76. The van der Waals surface area contributed by atoms with Gasteiger partial charge in [0.1, 0.15) is 13.1 Å². The lowest BCUT2D eigenvalue weighted by Crippen LogP contribution is -2.58. The number of fused-ring (bicyclic) bond motifs is 1. The van der Waals surface area contributed by atoms with Crippen molar-refractivity contribution in [1.82, 2.24) is 20.0 Å². The minimum atomic E-state index is -0.510. The highest BCUT2D eigenvalue weighted by Crippen LogP contribution is 2.31. The van der Waals surface area contributed by atoms with Crippen LogP contribution in [-0.2, 0) is 14.4 Å². The number of rotatable bonds is 5. The van der Waals surface area contributed by atoms with E-state index in [-0.39, 0.29) is 42.8 Å². The van der Waals surface area contributed by atoms with E-state index in [1.165, 1.54) is 4.90 Å². The van der Waals surface area contributed by atoms with E-state index < -0.39 is 6.03 Å². The highest BCUT2D eigenvalue weighted by atomic mass is 16.2. The van der Waals surface area contributed by atoms with Gasteiger partial charge in [-0.05, 0) is 31.7 Å². The van der Waals surface area contributed by atoms with E-state index in [2.05, 4.69) is 5.32 Å². The third-order valence-corrected chi connectivity index (χ3v) is 5.29. The molecular formula is C16H25N5O4. The number of carbonyl (C=O) groups is 4. The minimum Gasteiger partial charge on any atom is -0.341 e. The molecule has 3 rings (SSSR count). The summed E-state index contributed by atoms with van der Waals surface area (Å²) >= 11 is 0. The van der Waals surface area contributed by atoms with Gasteiger partial charge in [0, 0.05) is 32.1 Å². The molecule has 3 N–H and O–H groups in total. The molecule has 3 aliphatic rings. The molecule has 3 heterocycles. The van der Waals surface area contributed by atoms with E-state index in [0.717, 1.165) is 19.3 Å². The molecule has 5 amide bonds. The normalized spacial score (nSPS) is 26.8. The second kappa shape index (κ2) is 7.38. The van der Waals surface area contributed by atoms with Gasteiger partial charge in [-0.3, -0.25) is 19.7 Å². The number of piperidine rings is 2. The van der Waals surface area contributed by atoms with Crippen LogP contribution >= 0.6 is 0 Å². The fourth-order valence-corrected chi connectivity index (χ4v) is 4.00. The van der Waals surface area contributed by atoms with Gasteiger partial charge in [0.15, 0.2) is 0 Å². The molecule has 9 nitrogen and oxygen atoms in total. The van der Waals surface area contributed by atoms with Gasteiger partial charge in [-0.2, -0.15) is 0 Å². The number of nitrogens with zero attached hydrogens (tertiary/aromatic N) is 3. The Bertz CT molecular complexity index is 581. The van der Waals surface area contributed by atoms with Crippen molar-refractivity contribution in [3.05, 3.63) is 0 Å². The average molecular weight is 351 g/mol. The molecule has 2 atom stereocenters. The first-order valence-corrected chi connectivity index (χ1v) is 8.85. The first-order valence-electron chi connectivity index (χ1n) is 8.85. The zero-order chi connectivity index (χ0) is 18.0. The van der Waals surface area contributed by atoms with Crippen molar-refractivity contribution in [3.8, 4) is 0 Å². The summed E-state index contributed by atoms with van der Waals surface area (Å²) in [7, 11) is 0. The zero-order valence-electron chi connectivity index (χ0n) is 14.3. The van der Waals surface area contributed by atoms with Crippen LogP contribution < -0.4 is 11.1 Å². The number of amides is 5. The first-order chi connectivity index (χ1) is 12.0. The average Bonchev–Trinajstić information content (AvgIpc) is 2.90. The van der Waals surface area contributed by atoms with E-state index in [0.29, 0.717) is 32.6 Å². The molecule has 3 fully saturated rings. The second-order valence-corrected chi connectivity index (χ2v) is 6.93. The number of likely N-dealkylation sites (tertiary alicyclic amines) is 2. The molecule has 25 heavy (non-hydrogen) atoms. The summed E-state index contributed by atoms with van der Waals surface area (Å²) in [6, 6.07) is -0.335. The summed E-state index contributed by atoms with van der Waals surface area (Å²) in [5, 5.41) is 2.17. The lowest BCUT2D eigenvalue weighted by molar-refractivity contribution is -0.144. The predicted molar refractivity (Wildman–Crippen MR) is 88.2 cm³/mol. The Kier molecular flexibility index (Phi) is 5.22. The van der Waals surface area contributed by atoms with Gasteiger partial charge in [0.2, 0.25) is 17.7 Å². The lowest BCUT2D eigenvalue weighted by atomic mass is 9.83. The van der Waals surface area contributed by atoms with Crippen molar-refractivity contribution in [3.63, 3.8) is 0 Å². The largest absolute Gasteiger partial charge is 0.341 e. The molecule has 138 valence electrons. The van der Waals surface area contributed by atoms with Crippen molar-refractivity contribution in [1.29, 1.82) is 0 Å². The van der Waals surface area contributed by atoms with Gasteiger partial charge in [-0.1, -0.05) is 0 Å². The first kappa shape index (κ1) is 17.7. The Morgan fingerprint density at radius 2 is 2.04 bits per heavy atom. The van der Waals surface area contributed by atoms with Crippen molar-refractivity contribution in [2.24, 2.45) is 11.7 Å². The predicted octanol–water partition coefficient (Wildman–Crippen LogP) is -1.27.